The highest BCUT2D eigenvalue weighted by atomic mass is 16.5. The van der Waals surface area contributed by atoms with Crippen LogP contribution < -0.4 is 10.1 Å². The van der Waals surface area contributed by atoms with E-state index in [0.29, 0.717) is 0 Å². The van der Waals surface area contributed by atoms with Crippen LogP contribution in [-0.4, -0.2) is 24.8 Å². The molecule has 1 atom stereocenters. The summed E-state index contributed by atoms with van der Waals surface area (Å²) in [7, 11) is 3.85. The molecular weight excluding hydrogens is 236 g/mol. The average Bonchev–Trinajstić information content (AvgIpc) is 2.77. The van der Waals surface area contributed by atoms with Crippen LogP contribution >= 0.6 is 0 Å². The van der Waals surface area contributed by atoms with Crippen LogP contribution in [0.25, 0.3) is 10.9 Å². The normalized spacial score (nSPS) is 19.8. The maximum atomic E-state index is 5.48. The van der Waals surface area contributed by atoms with Gasteiger partial charge in [0.1, 0.15) is 5.75 Å². The molecule has 1 aliphatic heterocycles. The Morgan fingerprint density at radius 3 is 3.05 bits per heavy atom. The van der Waals surface area contributed by atoms with E-state index in [2.05, 4.69) is 35.3 Å². The van der Waals surface area contributed by atoms with E-state index >= 15 is 0 Å². The lowest BCUT2D eigenvalue weighted by molar-refractivity contribution is 0.376. The predicted molar refractivity (Wildman–Crippen MR) is 78.8 cm³/mol. The van der Waals surface area contributed by atoms with Gasteiger partial charge < -0.3 is 14.6 Å². The number of rotatable bonds is 3. The number of aryl methyl sites for hydroxylation is 1. The molecule has 0 saturated carbocycles. The van der Waals surface area contributed by atoms with Gasteiger partial charge in [-0.2, -0.15) is 0 Å². The van der Waals surface area contributed by atoms with Crippen LogP contribution in [-0.2, 0) is 13.5 Å². The molecule has 3 rings (SSSR count). The molecule has 1 N–H and O–H groups in total. The Labute approximate surface area is 114 Å². The number of methoxy groups -OCH3 is 1. The number of fused-ring (bicyclic) bond motifs is 1. The summed E-state index contributed by atoms with van der Waals surface area (Å²) in [4.78, 5) is 0. The fourth-order valence-electron chi connectivity index (χ4n) is 3.25. The van der Waals surface area contributed by atoms with Gasteiger partial charge in [-0.1, -0.05) is 12.1 Å². The number of piperidine rings is 1. The second-order valence-corrected chi connectivity index (χ2v) is 5.54. The van der Waals surface area contributed by atoms with Crippen molar-refractivity contribution in [2.75, 3.05) is 20.2 Å². The summed E-state index contributed by atoms with van der Waals surface area (Å²) in [5.74, 6) is 1.73. The molecule has 2 heterocycles. The summed E-state index contributed by atoms with van der Waals surface area (Å²) in [5.41, 5.74) is 2.66. The Hall–Kier alpha value is -1.48. The van der Waals surface area contributed by atoms with Crippen molar-refractivity contribution in [3.8, 4) is 5.75 Å². The zero-order chi connectivity index (χ0) is 13.2. The van der Waals surface area contributed by atoms with Crippen molar-refractivity contribution in [1.29, 1.82) is 0 Å². The SMILES string of the molecule is COc1cccc2c(CC3CCCNC3)cn(C)c12. The fourth-order valence-corrected chi connectivity index (χ4v) is 3.25. The molecule has 1 aromatic carbocycles. The molecule has 0 spiro atoms. The first-order chi connectivity index (χ1) is 9.29. The molecule has 0 radical (unpaired) electrons. The Balaban J connectivity index is 1.95. The molecule has 1 saturated heterocycles. The van der Waals surface area contributed by atoms with Crippen LogP contribution in [0.15, 0.2) is 24.4 Å². The van der Waals surface area contributed by atoms with Crippen molar-refractivity contribution in [1.82, 2.24) is 9.88 Å². The summed E-state index contributed by atoms with van der Waals surface area (Å²) in [6.45, 7) is 2.33. The molecule has 1 fully saturated rings. The highest BCUT2D eigenvalue weighted by molar-refractivity contribution is 5.89. The van der Waals surface area contributed by atoms with Crippen molar-refractivity contribution in [3.63, 3.8) is 0 Å². The second-order valence-electron chi connectivity index (χ2n) is 5.54. The molecule has 0 amide bonds. The maximum absolute atomic E-state index is 5.48. The first kappa shape index (κ1) is 12.5. The Kier molecular flexibility index (Phi) is 3.47. The molecule has 102 valence electrons. The molecule has 19 heavy (non-hydrogen) atoms. The van der Waals surface area contributed by atoms with Gasteiger partial charge >= 0.3 is 0 Å². The number of hydrogen-bond acceptors (Lipinski definition) is 2. The molecule has 0 bridgehead atoms. The van der Waals surface area contributed by atoms with Crippen molar-refractivity contribution in [2.45, 2.75) is 19.3 Å². The zero-order valence-electron chi connectivity index (χ0n) is 11.8. The van der Waals surface area contributed by atoms with Gasteiger partial charge in [-0.25, -0.2) is 0 Å². The summed E-state index contributed by atoms with van der Waals surface area (Å²) in [6.07, 6.45) is 6.07. The summed E-state index contributed by atoms with van der Waals surface area (Å²) >= 11 is 0. The van der Waals surface area contributed by atoms with Crippen LogP contribution in [0.3, 0.4) is 0 Å². The first-order valence-corrected chi connectivity index (χ1v) is 7.11. The van der Waals surface area contributed by atoms with Gasteiger partial charge in [0.2, 0.25) is 0 Å². The Morgan fingerprint density at radius 1 is 1.42 bits per heavy atom. The van der Waals surface area contributed by atoms with E-state index < -0.39 is 0 Å². The minimum Gasteiger partial charge on any atom is -0.495 e. The number of aromatic nitrogens is 1. The fraction of sp³-hybridized carbons (Fsp3) is 0.500. The van der Waals surface area contributed by atoms with E-state index in [9.17, 15) is 0 Å². The van der Waals surface area contributed by atoms with Crippen LogP contribution in [0.5, 0.6) is 5.75 Å². The molecule has 3 heteroatoms. The molecule has 1 aliphatic rings. The van der Waals surface area contributed by atoms with E-state index in [4.69, 9.17) is 4.74 Å². The lowest BCUT2D eigenvalue weighted by Gasteiger charge is -2.22. The van der Waals surface area contributed by atoms with Crippen molar-refractivity contribution in [3.05, 3.63) is 30.0 Å². The average molecular weight is 258 g/mol. The topological polar surface area (TPSA) is 26.2 Å². The summed E-state index contributed by atoms with van der Waals surface area (Å²) in [5, 5.41) is 4.84. The number of hydrogen-bond donors (Lipinski definition) is 1. The monoisotopic (exact) mass is 258 g/mol. The number of benzene rings is 1. The van der Waals surface area contributed by atoms with Crippen molar-refractivity contribution in [2.24, 2.45) is 13.0 Å². The van der Waals surface area contributed by atoms with E-state index in [1.807, 2.05) is 6.07 Å². The number of para-hydroxylation sites is 1. The van der Waals surface area contributed by atoms with Crippen LogP contribution in [0.2, 0.25) is 0 Å². The third-order valence-corrected chi connectivity index (χ3v) is 4.17. The van der Waals surface area contributed by atoms with Gasteiger partial charge in [0.15, 0.2) is 0 Å². The maximum Gasteiger partial charge on any atom is 0.143 e. The number of nitrogens with zero attached hydrogens (tertiary/aromatic N) is 1. The lowest BCUT2D eigenvalue weighted by Crippen LogP contribution is -2.30. The van der Waals surface area contributed by atoms with Gasteiger partial charge in [0.25, 0.3) is 0 Å². The van der Waals surface area contributed by atoms with Crippen molar-refractivity contribution >= 4 is 10.9 Å². The molecular formula is C16H22N2O. The van der Waals surface area contributed by atoms with E-state index in [0.717, 1.165) is 24.6 Å². The first-order valence-electron chi connectivity index (χ1n) is 7.11. The Morgan fingerprint density at radius 2 is 2.32 bits per heavy atom. The van der Waals surface area contributed by atoms with E-state index in [1.165, 1.54) is 35.9 Å². The quantitative estimate of drug-likeness (QED) is 0.916. The number of ether oxygens (including phenoxy) is 1. The minimum atomic E-state index is 0.769. The van der Waals surface area contributed by atoms with Crippen LogP contribution in [0.1, 0.15) is 18.4 Å². The molecule has 1 unspecified atom stereocenters. The lowest BCUT2D eigenvalue weighted by atomic mass is 9.92. The molecule has 2 aromatic rings. The van der Waals surface area contributed by atoms with Gasteiger partial charge in [-0.15, -0.1) is 0 Å². The molecule has 0 aliphatic carbocycles. The number of nitrogens with one attached hydrogen (secondary N) is 1. The third kappa shape index (κ3) is 2.35. The van der Waals surface area contributed by atoms with Gasteiger partial charge in [0, 0.05) is 18.6 Å². The summed E-state index contributed by atoms with van der Waals surface area (Å²) < 4.78 is 7.67. The molecule has 1 aromatic heterocycles. The zero-order valence-corrected chi connectivity index (χ0v) is 11.8. The van der Waals surface area contributed by atoms with Crippen molar-refractivity contribution < 1.29 is 4.74 Å². The van der Waals surface area contributed by atoms with Crippen LogP contribution in [0, 0.1) is 5.92 Å². The predicted octanol–water partition coefficient (Wildman–Crippen LogP) is 2.73. The molecule has 3 nitrogen and oxygen atoms in total. The van der Waals surface area contributed by atoms with Crippen LogP contribution in [0.4, 0.5) is 0 Å². The third-order valence-electron chi connectivity index (χ3n) is 4.17. The Bertz CT molecular complexity index is 567. The highest BCUT2D eigenvalue weighted by Crippen LogP contribution is 2.31. The smallest absolute Gasteiger partial charge is 0.143 e. The van der Waals surface area contributed by atoms with Gasteiger partial charge in [0.05, 0.1) is 12.6 Å². The second kappa shape index (κ2) is 5.25. The van der Waals surface area contributed by atoms with E-state index in [-0.39, 0.29) is 0 Å². The highest BCUT2D eigenvalue weighted by Gasteiger charge is 2.17. The van der Waals surface area contributed by atoms with Gasteiger partial charge in [-0.05, 0) is 49.9 Å². The standard InChI is InChI=1S/C16H22N2O/c1-18-11-13(9-12-5-4-8-17-10-12)14-6-3-7-15(19-2)16(14)18/h3,6-7,11-12,17H,4-5,8-10H2,1-2H3. The largest absolute Gasteiger partial charge is 0.495 e. The van der Waals surface area contributed by atoms with E-state index in [1.54, 1.807) is 7.11 Å². The minimum absolute atomic E-state index is 0.769. The summed E-state index contributed by atoms with van der Waals surface area (Å²) in [6, 6.07) is 6.33. The van der Waals surface area contributed by atoms with Gasteiger partial charge in [-0.3, -0.25) is 0 Å².